The molecule has 0 unspecified atom stereocenters. The van der Waals surface area contributed by atoms with Gasteiger partial charge in [-0.25, -0.2) is 4.98 Å². The molecule has 2 aromatic heterocycles. The van der Waals surface area contributed by atoms with Crippen LogP contribution in [-0.4, -0.2) is 39.2 Å². The molecular weight excluding hydrogens is 334 g/mol. The quantitative estimate of drug-likeness (QED) is 0.793. The van der Waals surface area contributed by atoms with E-state index in [9.17, 15) is 9.59 Å². The number of aromatic nitrogens is 2. The van der Waals surface area contributed by atoms with Crippen LogP contribution in [0.5, 0.6) is 0 Å². The number of carbonyl (C=O) groups excluding carboxylic acids is 2. The van der Waals surface area contributed by atoms with Crippen LogP contribution >= 0.6 is 11.3 Å². The predicted octanol–water partition coefficient (Wildman–Crippen LogP) is 3.10. The fourth-order valence-corrected chi connectivity index (χ4v) is 5.12. The van der Waals surface area contributed by atoms with Crippen LogP contribution in [0.1, 0.15) is 57.1 Å². The maximum Gasteiger partial charge on any atom is 0.255 e. The highest BCUT2D eigenvalue weighted by Gasteiger charge is 2.32. The van der Waals surface area contributed by atoms with Gasteiger partial charge in [-0.2, -0.15) is 0 Å². The first-order valence-corrected chi connectivity index (χ1v) is 9.93. The number of fused-ring (bicyclic) bond motifs is 1. The standard InChI is InChI=1S/C19H23N3O2S/c1-21-10-8-20-18(21)17(23)13-5-4-9-22(11-13)19(24)15-12-25-16-7-3-2-6-14(15)16/h8,10,12-13H,2-7,9,11H2,1H3/t13-/m0/s1. The lowest BCUT2D eigenvalue weighted by atomic mass is 9.91. The number of nitrogens with zero attached hydrogens (tertiary/aromatic N) is 3. The summed E-state index contributed by atoms with van der Waals surface area (Å²) in [6, 6.07) is 0. The Hall–Kier alpha value is -1.95. The Morgan fingerprint density at radius 1 is 1.24 bits per heavy atom. The van der Waals surface area contributed by atoms with Crippen molar-refractivity contribution in [1.29, 1.82) is 0 Å². The average Bonchev–Trinajstić information content (AvgIpc) is 3.27. The third kappa shape index (κ3) is 3.03. The van der Waals surface area contributed by atoms with Gasteiger partial charge in [-0.15, -0.1) is 11.3 Å². The Morgan fingerprint density at radius 2 is 2.08 bits per heavy atom. The number of piperidine rings is 1. The van der Waals surface area contributed by atoms with Crippen molar-refractivity contribution < 1.29 is 9.59 Å². The Bertz CT molecular complexity index is 807. The van der Waals surface area contributed by atoms with Gasteiger partial charge in [0, 0.05) is 48.7 Å². The summed E-state index contributed by atoms with van der Waals surface area (Å²) in [5.41, 5.74) is 2.14. The van der Waals surface area contributed by atoms with Gasteiger partial charge in [0.25, 0.3) is 5.91 Å². The average molecular weight is 357 g/mol. The van der Waals surface area contributed by atoms with Crippen LogP contribution in [0.2, 0.25) is 0 Å². The second-order valence-corrected chi connectivity index (χ2v) is 8.04. The fourth-order valence-electron chi connectivity index (χ4n) is 4.00. The summed E-state index contributed by atoms with van der Waals surface area (Å²) in [5.74, 6) is 0.509. The van der Waals surface area contributed by atoms with E-state index in [0.717, 1.165) is 37.8 Å². The first-order valence-electron chi connectivity index (χ1n) is 9.05. The molecule has 0 bridgehead atoms. The number of amides is 1. The summed E-state index contributed by atoms with van der Waals surface area (Å²) in [4.78, 5) is 33.2. The lowest BCUT2D eigenvalue weighted by Crippen LogP contribution is -2.43. The topological polar surface area (TPSA) is 55.2 Å². The third-order valence-corrected chi connectivity index (χ3v) is 6.50. The molecule has 2 aromatic rings. The minimum atomic E-state index is -0.145. The Morgan fingerprint density at radius 3 is 2.88 bits per heavy atom. The smallest absolute Gasteiger partial charge is 0.255 e. The fraction of sp³-hybridized carbons (Fsp3) is 0.526. The second kappa shape index (κ2) is 6.75. The molecule has 2 aliphatic rings. The lowest BCUT2D eigenvalue weighted by Gasteiger charge is -2.32. The molecule has 25 heavy (non-hydrogen) atoms. The number of Topliss-reactive ketones (excluding diaryl/α,β-unsaturated/α-hetero) is 1. The molecular formula is C19H23N3O2S. The summed E-state index contributed by atoms with van der Waals surface area (Å²) in [5, 5.41) is 2.03. The number of rotatable bonds is 3. The molecule has 1 aliphatic heterocycles. The summed E-state index contributed by atoms with van der Waals surface area (Å²) in [7, 11) is 1.84. The van der Waals surface area contributed by atoms with Gasteiger partial charge in [0.05, 0.1) is 5.56 Å². The summed E-state index contributed by atoms with van der Waals surface area (Å²) < 4.78 is 1.76. The number of ketones is 1. The van der Waals surface area contributed by atoms with E-state index < -0.39 is 0 Å². The number of hydrogen-bond acceptors (Lipinski definition) is 4. The van der Waals surface area contributed by atoms with Crippen molar-refractivity contribution in [3.63, 3.8) is 0 Å². The van der Waals surface area contributed by atoms with E-state index in [2.05, 4.69) is 4.98 Å². The molecule has 1 amide bonds. The largest absolute Gasteiger partial charge is 0.338 e. The van der Waals surface area contributed by atoms with Gasteiger partial charge in [-0.3, -0.25) is 9.59 Å². The van der Waals surface area contributed by atoms with Crippen LogP contribution in [0, 0.1) is 5.92 Å². The highest BCUT2D eigenvalue weighted by Crippen LogP contribution is 2.32. The summed E-state index contributed by atoms with van der Waals surface area (Å²) in [6.45, 7) is 1.25. The zero-order chi connectivity index (χ0) is 17.4. The van der Waals surface area contributed by atoms with Gasteiger partial charge in [0.1, 0.15) is 0 Å². The second-order valence-electron chi connectivity index (χ2n) is 7.07. The molecule has 0 aromatic carbocycles. The van der Waals surface area contributed by atoms with Gasteiger partial charge >= 0.3 is 0 Å². The van der Waals surface area contributed by atoms with Crippen LogP contribution in [0.15, 0.2) is 17.8 Å². The van der Waals surface area contributed by atoms with Gasteiger partial charge < -0.3 is 9.47 Å². The van der Waals surface area contributed by atoms with Crippen molar-refractivity contribution in [1.82, 2.24) is 14.5 Å². The molecule has 1 aliphatic carbocycles. The van der Waals surface area contributed by atoms with Gasteiger partial charge in [-0.1, -0.05) is 0 Å². The molecule has 0 N–H and O–H groups in total. The zero-order valence-electron chi connectivity index (χ0n) is 14.5. The monoisotopic (exact) mass is 357 g/mol. The van der Waals surface area contributed by atoms with E-state index in [1.165, 1.54) is 23.3 Å². The van der Waals surface area contributed by atoms with E-state index in [1.54, 1.807) is 28.3 Å². The number of imidazole rings is 1. The van der Waals surface area contributed by atoms with E-state index in [1.807, 2.05) is 17.3 Å². The van der Waals surface area contributed by atoms with Crippen LogP contribution < -0.4 is 0 Å². The summed E-state index contributed by atoms with van der Waals surface area (Å²) >= 11 is 1.72. The van der Waals surface area contributed by atoms with E-state index in [-0.39, 0.29) is 17.6 Å². The summed E-state index contributed by atoms with van der Waals surface area (Å²) in [6.07, 6.45) is 9.66. The van der Waals surface area contributed by atoms with E-state index in [0.29, 0.717) is 12.4 Å². The predicted molar refractivity (Wildman–Crippen MR) is 97.1 cm³/mol. The van der Waals surface area contributed by atoms with Gasteiger partial charge in [0.15, 0.2) is 5.82 Å². The van der Waals surface area contributed by atoms with Gasteiger partial charge in [-0.05, 0) is 44.1 Å². The van der Waals surface area contributed by atoms with Crippen molar-refractivity contribution in [3.8, 4) is 0 Å². The Kier molecular flexibility index (Phi) is 4.46. The van der Waals surface area contributed by atoms with Gasteiger partial charge in [0.2, 0.25) is 5.78 Å². The van der Waals surface area contributed by atoms with E-state index in [4.69, 9.17) is 0 Å². The van der Waals surface area contributed by atoms with Crippen molar-refractivity contribution >= 4 is 23.0 Å². The van der Waals surface area contributed by atoms with Crippen molar-refractivity contribution in [2.75, 3.05) is 13.1 Å². The first kappa shape index (κ1) is 16.5. The van der Waals surface area contributed by atoms with Crippen molar-refractivity contribution in [2.24, 2.45) is 13.0 Å². The normalized spacial score (nSPS) is 20.4. The van der Waals surface area contributed by atoms with E-state index >= 15 is 0 Å². The minimum absolute atomic E-state index is 0.0531. The molecule has 1 saturated heterocycles. The molecule has 132 valence electrons. The van der Waals surface area contributed by atoms with Crippen LogP contribution in [0.4, 0.5) is 0 Å². The van der Waals surface area contributed by atoms with Crippen LogP contribution in [-0.2, 0) is 19.9 Å². The molecule has 6 heteroatoms. The molecule has 1 atom stereocenters. The molecule has 0 radical (unpaired) electrons. The lowest BCUT2D eigenvalue weighted by molar-refractivity contribution is 0.0632. The van der Waals surface area contributed by atoms with Crippen molar-refractivity contribution in [3.05, 3.63) is 39.6 Å². The minimum Gasteiger partial charge on any atom is -0.338 e. The highest BCUT2D eigenvalue weighted by atomic mass is 32.1. The zero-order valence-corrected chi connectivity index (χ0v) is 15.3. The number of carbonyl (C=O) groups is 2. The van der Waals surface area contributed by atoms with Crippen LogP contribution in [0.25, 0.3) is 0 Å². The molecule has 0 spiro atoms. The maximum atomic E-state index is 13.1. The number of hydrogen-bond donors (Lipinski definition) is 0. The SMILES string of the molecule is Cn1ccnc1C(=O)[C@H]1CCCN(C(=O)c2csc3c2CCCC3)C1. The molecule has 5 nitrogen and oxygen atoms in total. The first-order chi connectivity index (χ1) is 12.1. The Balaban J connectivity index is 1.51. The number of likely N-dealkylation sites (tertiary alicyclic amines) is 1. The Labute approximate surface area is 151 Å². The third-order valence-electron chi connectivity index (χ3n) is 5.41. The molecule has 3 heterocycles. The van der Waals surface area contributed by atoms with Crippen LogP contribution in [0.3, 0.4) is 0 Å². The molecule has 4 rings (SSSR count). The maximum absolute atomic E-state index is 13.1. The highest BCUT2D eigenvalue weighted by molar-refractivity contribution is 7.10. The number of thiophene rings is 1. The number of aryl methyl sites for hydroxylation is 2. The molecule has 1 fully saturated rings. The molecule has 0 saturated carbocycles. The van der Waals surface area contributed by atoms with Crippen molar-refractivity contribution in [2.45, 2.75) is 38.5 Å².